The Bertz CT molecular complexity index is 745. The van der Waals surface area contributed by atoms with E-state index < -0.39 is 5.97 Å². The number of benzene rings is 2. The highest BCUT2D eigenvalue weighted by molar-refractivity contribution is 6.20. The number of ether oxygens (including phenoxy) is 1. The molecule has 0 fully saturated rings. The lowest BCUT2D eigenvalue weighted by Crippen LogP contribution is -2.00. The summed E-state index contributed by atoms with van der Waals surface area (Å²) in [6.45, 7) is 3.93. The number of methoxy groups -OCH3 is 1. The predicted molar refractivity (Wildman–Crippen MR) is 86.1 cm³/mol. The van der Waals surface area contributed by atoms with Crippen LogP contribution in [0, 0.1) is 13.8 Å². The molecule has 0 amide bonds. The first-order valence-corrected chi connectivity index (χ1v) is 6.82. The second-order valence-corrected chi connectivity index (χ2v) is 5.09. The van der Waals surface area contributed by atoms with Crippen LogP contribution < -0.4 is 4.74 Å². The van der Waals surface area contributed by atoms with Gasteiger partial charge in [-0.15, -0.1) is 0 Å². The Hall–Kier alpha value is -2.75. The van der Waals surface area contributed by atoms with E-state index in [9.17, 15) is 15.0 Å². The van der Waals surface area contributed by atoms with E-state index in [-0.39, 0.29) is 11.3 Å². The van der Waals surface area contributed by atoms with E-state index in [1.807, 2.05) is 26.0 Å². The van der Waals surface area contributed by atoms with Gasteiger partial charge in [0.15, 0.2) is 11.5 Å². The topological polar surface area (TPSA) is 66.8 Å². The number of aliphatic carboxylic acids is 1. The van der Waals surface area contributed by atoms with Crippen LogP contribution >= 0.6 is 0 Å². The lowest BCUT2D eigenvalue weighted by Gasteiger charge is -2.08. The van der Waals surface area contributed by atoms with Gasteiger partial charge in [-0.05, 0) is 54.3 Å². The zero-order valence-electron chi connectivity index (χ0n) is 12.8. The summed E-state index contributed by atoms with van der Waals surface area (Å²) in [5, 5.41) is 19.1. The third kappa shape index (κ3) is 3.28. The Morgan fingerprint density at radius 3 is 2.41 bits per heavy atom. The van der Waals surface area contributed by atoms with E-state index in [0.717, 1.165) is 11.1 Å². The summed E-state index contributed by atoms with van der Waals surface area (Å²) in [5.74, 6) is -0.684. The third-order valence-corrected chi connectivity index (χ3v) is 3.56. The second kappa shape index (κ2) is 6.35. The van der Waals surface area contributed by atoms with Gasteiger partial charge in [0.1, 0.15) is 0 Å². The maximum atomic E-state index is 11.6. The molecule has 0 aliphatic heterocycles. The minimum atomic E-state index is -1.00. The van der Waals surface area contributed by atoms with Crippen LogP contribution in [0.15, 0.2) is 36.4 Å². The van der Waals surface area contributed by atoms with Crippen LogP contribution in [0.2, 0.25) is 0 Å². The van der Waals surface area contributed by atoms with Crippen molar-refractivity contribution in [3.63, 3.8) is 0 Å². The summed E-state index contributed by atoms with van der Waals surface area (Å²) < 4.78 is 5.04. The van der Waals surface area contributed by atoms with Crippen molar-refractivity contribution in [3.8, 4) is 11.5 Å². The molecular formula is C18H18O4. The highest BCUT2D eigenvalue weighted by Gasteiger charge is 2.12. The van der Waals surface area contributed by atoms with Gasteiger partial charge in [-0.2, -0.15) is 0 Å². The van der Waals surface area contributed by atoms with Crippen molar-refractivity contribution in [2.75, 3.05) is 7.11 Å². The average Bonchev–Trinajstić information content (AvgIpc) is 2.49. The third-order valence-electron chi connectivity index (χ3n) is 3.56. The van der Waals surface area contributed by atoms with Crippen molar-refractivity contribution in [3.05, 3.63) is 58.7 Å². The number of carbonyl (C=O) groups is 1. The highest BCUT2D eigenvalue weighted by Crippen LogP contribution is 2.29. The van der Waals surface area contributed by atoms with Gasteiger partial charge in [-0.3, -0.25) is 0 Å². The Morgan fingerprint density at radius 2 is 1.82 bits per heavy atom. The van der Waals surface area contributed by atoms with E-state index in [1.165, 1.54) is 13.2 Å². The number of carboxylic acids is 1. The van der Waals surface area contributed by atoms with Gasteiger partial charge in [-0.25, -0.2) is 4.79 Å². The molecule has 0 heterocycles. The Balaban J connectivity index is 2.51. The molecule has 2 aromatic carbocycles. The minimum Gasteiger partial charge on any atom is -0.504 e. The summed E-state index contributed by atoms with van der Waals surface area (Å²) in [4.78, 5) is 11.6. The largest absolute Gasteiger partial charge is 0.504 e. The Morgan fingerprint density at radius 1 is 1.09 bits per heavy atom. The summed E-state index contributed by atoms with van der Waals surface area (Å²) >= 11 is 0. The average molecular weight is 298 g/mol. The first-order chi connectivity index (χ1) is 10.4. The van der Waals surface area contributed by atoms with Crippen molar-refractivity contribution >= 4 is 17.6 Å². The van der Waals surface area contributed by atoms with Crippen LogP contribution in [-0.4, -0.2) is 23.3 Å². The molecule has 4 nitrogen and oxygen atoms in total. The van der Waals surface area contributed by atoms with Crippen molar-refractivity contribution < 1.29 is 19.7 Å². The highest BCUT2D eigenvalue weighted by atomic mass is 16.5. The lowest BCUT2D eigenvalue weighted by atomic mass is 9.98. The molecule has 0 saturated heterocycles. The number of hydrogen-bond acceptors (Lipinski definition) is 3. The van der Waals surface area contributed by atoms with Gasteiger partial charge in [0, 0.05) is 0 Å². The number of aromatic hydroxyl groups is 1. The van der Waals surface area contributed by atoms with E-state index in [1.54, 1.807) is 24.3 Å². The molecule has 22 heavy (non-hydrogen) atoms. The van der Waals surface area contributed by atoms with Crippen LogP contribution in [0.5, 0.6) is 11.5 Å². The molecule has 0 unspecified atom stereocenters. The molecule has 0 saturated carbocycles. The number of hydrogen-bond donors (Lipinski definition) is 2. The molecule has 0 atom stereocenters. The molecule has 4 heteroatoms. The molecule has 2 aromatic rings. The summed E-state index contributed by atoms with van der Waals surface area (Å²) in [7, 11) is 1.45. The van der Waals surface area contributed by atoms with Crippen LogP contribution in [0.4, 0.5) is 0 Å². The molecule has 0 bridgehead atoms. The van der Waals surface area contributed by atoms with Crippen LogP contribution in [0.3, 0.4) is 0 Å². The quantitative estimate of drug-likeness (QED) is 0.668. The van der Waals surface area contributed by atoms with Gasteiger partial charge in [-0.1, -0.05) is 24.3 Å². The first kappa shape index (κ1) is 15.6. The Kier molecular flexibility index (Phi) is 4.51. The number of rotatable bonds is 4. The molecule has 2 rings (SSSR count). The van der Waals surface area contributed by atoms with E-state index in [4.69, 9.17) is 4.74 Å². The second-order valence-electron chi connectivity index (χ2n) is 5.09. The van der Waals surface area contributed by atoms with Crippen molar-refractivity contribution in [2.24, 2.45) is 0 Å². The molecule has 2 N–H and O–H groups in total. The van der Waals surface area contributed by atoms with Gasteiger partial charge in [0.05, 0.1) is 12.7 Å². The molecule has 0 spiro atoms. The van der Waals surface area contributed by atoms with Gasteiger partial charge in [0.25, 0.3) is 0 Å². The number of carboxylic acid groups (broad SMARTS) is 1. The van der Waals surface area contributed by atoms with Crippen molar-refractivity contribution in [1.82, 2.24) is 0 Å². The number of phenolic OH excluding ortho intramolecular Hbond substituents is 1. The summed E-state index contributed by atoms with van der Waals surface area (Å²) in [6, 6.07) is 10.3. The SMILES string of the molecule is COc1cc(/C=C(\C(=O)O)c2ccc(C)c(C)c2)ccc1O. The van der Waals surface area contributed by atoms with E-state index in [2.05, 4.69) is 0 Å². The van der Waals surface area contributed by atoms with Gasteiger partial charge in [0.2, 0.25) is 0 Å². The standard InChI is InChI=1S/C18H18O4/c1-11-4-6-14(8-12(11)2)15(18(20)21)9-13-5-7-16(19)17(10-13)22-3/h4-10,19H,1-3H3,(H,20,21)/b15-9-. The molecule has 0 aromatic heterocycles. The van der Waals surface area contributed by atoms with Crippen LogP contribution in [-0.2, 0) is 4.79 Å². The minimum absolute atomic E-state index is 0.0164. The fraction of sp³-hybridized carbons (Fsp3) is 0.167. The van der Waals surface area contributed by atoms with E-state index >= 15 is 0 Å². The molecule has 114 valence electrons. The smallest absolute Gasteiger partial charge is 0.336 e. The number of phenols is 1. The van der Waals surface area contributed by atoms with Gasteiger partial charge >= 0.3 is 5.97 Å². The Labute approximate surface area is 129 Å². The zero-order chi connectivity index (χ0) is 16.3. The van der Waals surface area contributed by atoms with Crippen LogP contribution in [0.1, 0.15) is 22.3 Å². The fourth-order valence-electron chi connectivity index (χ4n) is 2.13. The first-order valence-electron chi connectivity index (χ1n) is 6.82. The van der Waals surface area contributed by atoms with Crippen molar-refractivity contribution in [1.29, 1.82) is 0 Å². The maximum Gasteiger partial charge on any atom is 0.336 e. The molecule has 0 aliphatic rings. The zero-order valence-corrected chi connectivity index (χ0v) is 12.8. The molecule has 0 aliphatic carbocycles. The van der Waals surface area contributed by atoms with Gasteiger partial charge < -0.3 is 14.9 Å². The fourth-order valence-corrected chi connectivity index (χ4v) is 2.13. The normalized spacial score (nSPS) is 11.3. The summed E-state index contributed by atoms with van der Waals surface area (Å²) in [5.41, 5.74) is 3.62. The van der Waals surface area contributed by atoms with Crippen molar-refractivity contribution in [2.45, 2.75) is 13.8 Å². The molecule has 0 radical (unpaired) electrons. The monoisotopic (exact) mass is 298 g/mol. The number of aryl methyl sites for hydroxylation is 2. The van der Waals surface area contributed by atoms with Crippen LogP contribution in [0.25, 0.3) is 11.6 Å². The maximum absolute atomic E-state index is 11.6. The summed E-state index contributed by atoms with van der Waals surface area (Å²) in [6.07, 6.45) is 1.56. The predicted octanol–water partition coefficient (Wildman–Crippen LogP) is 3.64. The van der Waals surface area contributed by atoms with E-state index in [0.29, 0.717) is 16.9 Å². The molecular weight excluding hydrogens is 280 g/mol. The lowest BCUT2D eigenvalue weighted by molar-refractivity contribution is -0.130.